The molecule has 0 saturated carbocycles. The predicted octanol–water partition coefficient (Wildman–Crippen LogP) is -1.07. The van der Waals surface area contributed by atoms with E-state index in [0.29, 0.717) is 0 Å². The third-order valence-corrected chi connectivity index (χ3v) is 0.362. The van der Waals surface area contributed by atoms with Gasteiger partial charge in [0.1, 0.15) is 6.20 Å². The van der Waals surface area contributed by atoms with E-state index in [-0.39, 0.29) is 0 Å². The van der Waals surface area contributed by atoms with Gasteiger partial charge in [-0.2, -0.15) is 5.10 Å². The largest absolute Gasteiger partial charge is 0.333 e. The molecule has 0 aliphatic heterocycles. The molecule has 0 aliphatic rings. The van der Waals surface area contributed by atoms with Gasteiger partial charge < -0.3 is 17.2 Å². The average Bonchev–Trinajstić information content (AvgIpc) is 2.71. The van der Waals surface area contributed by atoms with Gasteiger partial charge in [-0.3, -0.25) is 5.10 Å². The molecular formula is C6H18N5. The number of nitrogens with two attached hydrogens (primary N) is 3. The molecule has 0 unspecified atom stereocenters. The number of H-pyrrole nitrogens is 1. The van der Waals surface area contributed by atoms with Crippen LogP contribution in [0.2, 0.25) is 0 Å². The van der Waals surface area contributed by atoms with Crippen molar-refractivity contribution in [3.8, 4) is 0 Å². The Morgan fingerprint density at radius 1 is 1.09 bits per heavy atom. The Hall–Kier alpha value is -0.910. The summed E-state index contributed by atoms with van der Waals surface area (Å²) in [6.45, 7) is 0. The highest BCUT2D eigenvalue weighted by atomic mass is 15.1. The molecule has 0 aliphatic carbocycles. The summed E-state index contributed by atoms with van der Waals surface area (Å²) in [4.78, 5) is 0. The molecule has 5 nitrogen and oxygen atoms in total. The maximum Gasteiger partial charge on any atom is 0.112 e. The fourth-order valence-electron chi connectivity index (χ4n) is 0.186. The van der Waals surface area contributed by atoms with Crippen LogP contribution >= 0.6 is 0 Å². The number of nitrogens with zero attached hydrogens (tertiary/aromatic N) is 1. The molecule has 0 amide bonds. The van der Waals surface area contributed by atoms with Gasteiger partial charge in [-0.1, -0.05) is 0 Å². The van der Waals surface area contributed by atoms with Gasteiger partial charge in [0.05, 0.1) is 0 Å². The molecule has 1 radical (unpaired) electrons. The summed E-state index contributed by atoms with van der Waals surface area (Å²) in [6, 6.07) is 1.71. The number of rotatable bonds is 0. The van der Waals surface area contributed by atoms with Crippen LogP contribution in [0.1, 0.15) is 0 Å². The van der Waals surface area contributed by atoms with Gasteiger partial charge in [-0.25, -0.2) is 0 Å². The minimum Gasteiger partial charge on any atom is -0.333 e. The molecule has 7 N–H and O–H groups in total. The molecule has 0 fully saturated rings. The second kappa shape index (κ2) is 35.6. The van der Waals surface area contributed by atoms with E-state index in [4.69, 9.17) is 0 Å². The molecule has 1 heterocycles. The van der Waals surface area contributed by atoms with Crippen LogP contribution in [0.25, 0.3) is 0 Å². The van der Waals surface area contributed by atoms with Crippen LogP contribution < -0.4 is 17.2 Å². The normalized spacial score (nSPS) is 5.27. The molecule has 0 saturated heterocycles. The summed E-state index contributed by atoms with van der Waals surface area (Å²) in [6.07, 6.45) is 4.26. The van der Waals surface area contributed by atoms with Crippen LogP contribution in [0.5, 0.6) is 0 Å². The number of hydrogen-bond donors (Lipinski definition) is 4. The highest BCUT2D eigenvalue weighted by Gasteiger charge is 1.58. The van der Waals surface area contributed by atoms with E-state index in [1.165, 1.54) is 21.1 Å². The minimum atomic E-state index is 1.50. The van der Waals surface area contributed by atoms with Crippen molar-refractivity contribution in [2.75, 3.05) is 21.1 Å². The Kier molecular flexibility index (Phi) is 53.6. The number of hydrogen-bond acceptors (Lipinski definition) is 4. The lowest BCUT2D eigenvalue weighted by Gasteiger charge is -1.48. The molecule has 1 rings (SSSR count). The number of aromatic nitrogens is 2. The molecule has 0 spiro atoms. The van der Waals surface area contributed by atoms with Gasteiger partial charge >= 0.3 is 0 Å². The van der Waals surface area contributed by atoms with E-state index in [1.54, 1.807) is 12.3 Å². The van der Waals surface area contributed by atoms with Crippen molar-refractivity contribution in [2.24, 2.45) is 17.2 Å². The Bertz CT molecular complexity index is 67.4. The second-order valence-corrected chi connectivity index (χ2v) is 0.703. The summed E-state index contributed by atoms with van der Waals surface area (Å²) < 4.78 is 0. The van der Waals surface area contributed by atoms with E-state index in [2.05, 4.69) is 33.6 Å². The zero-order chi connectivity index (χ0) is 9.54. The Balaban J connectivity index is -0.0000000933. The van der Waals surface area contributed by atoms with Crippen LogP contribution in [0.15, 0.2) is 12.3 Å². The minimum absolute atomic E-state index is 1.50. The molecule has 1 aromatic rings. The van der Waals surface area contributed by atoms with Crippen LogP contribution in [0.3, 0.4) is 0 Å². The first-order valence-electron chi connectivity index (χ1n) is 3.09. The van der Waals surface area contributed by atoms with Crippen LogP contribution in [0.4, 0.5) is 0 Å². The Labute approximate surface area is 68.0 Å². The Morgan fingerprint density at radius 3 is 1.64 bits per heavy atom. The predicted molar refractivity (Wildman–Crippen MR) is 47.8 cm³/mol. The van der Waals surface area contributed by atoms with Gasteiger partial charge in [0, 0.05) is 6.20 Å². The molecule has 1 aromatic heterocycles. The zero-order valence-electron chi connectivity index (χ0n) is 7.33. The van der Waals surface area contributed by atoms with Crippen molar-refractivity contribution in [1.29, 1.82) is 0 Å². The fourth-order valence-corrected chi connectivity index (χ4v) is 0.186. The Morgan fingerprint density at radius 2 is 1.55 bits per heavy atom. The highest BCUT2D eigenvalue weighted by Crippen LogP contribution is 1.62. The third kappa shape index (κ3) is 27.3. The van der Waals surface area contributed by atoms with Gasteiger partial charge in [0.25, 0.3) is 0 Å². The van der Waals surface area contributed by atoms with Crippen molar-refractivity contribution in [3.63, 3.8) is 0 Å². The molecule has 0 aromatic carbocycles. The molecule has 5 heteroatoms. The lowest BCUT2D eigenvalue weighted by molar-refractivity contribution is 1.08. The van der Waals surface area contributed by atoms with E-state index in [1.807, 2.05) is 0 Å². The molecule has 0 bridgehead atoms. The lowest BCUT2D eigenvalue weighted by atomic mass is 10.8. The van der Waals surface area contributed by atoms with E-state index in [9.17, 15) is 0 Å². The standard InChI is InChI=1S/C3H3N2.3CH5N/c1-2-4-5-3-1;3*1-2/h1-2H,(H,4,5);3*2H2,1H3. The topological polar surface area (TPSA) is 107 Å². The second-order valence-electron chi connectivity index (χ2n) is 0.703. The maximum absolute atomic E-state index is 4.50. The monoisotopic (exact) mass is 160 g/mol. The molecule has 0 atom stereocenters. The quantitative estimate of drug-likeness (QED) is 0.388. The number of aromatic amines is 1. The highest BCUT2D eigenvalue weighted by molar-refractivity contribution is 4.69. The molecular weight excluding hydrogens is 142 g/mol. The molecule has 11 heavy (non-hydrogen) atoms. The van der Waals surface area contributed by atoms with Gasteiger partial charge in [0.2, 0.25) is 0 Å². The van der Waals surface area contributed by atoms with E-state index < -0.39 is 0 Å². The van der Waals surface area contributed by atoms with Crippen molar-refractivity contribution in [1.82, 2.24) is 10.2 Å². The SMILES string of the molecule is CN.CN.CN.[c]1cc[nH]n1. The first-order chi connectivity index (χ1) is 5.50. The van der Waals surface area contributed by atoms with E-state index in [0.717, 1.165) is 0 Å². The van der Waals surface area contributed by atoms with Crippen molar-refractivity contribution in [3.05, 3.63) is 18.5 Å². The van der Waals surface area contributed by atoms with Crippen LogP contribution in [-0.2, 0) is 0 Å². The maximum atomic E-state index is 4.50. The molecule has 67 valence electrons. The van der Waals surface area contributed by atoms with Crippen LogP contribution in [-0.4, -0.2) is 31.3 Å². The summed E-state index contributed by atoms with van der Waals surface area (Å²) in [5.74, 6) is 0. The first-order valence-corrected chi connectivity index (χ1v) is 3.09. The number of nitrogens with one attached hydrogen (secondary N) is 1. The van der Waals surface area contributed by atoms with Gasteiger partial charge in [-0.15, -0.1) is 0 Å². The zero-order valence-corrected chi connectivity index (χ0v) is 7.33. The third-order valence-electron chi connectivity index (χ3n) is 0.362. The van der Waals surface area contributed by atoms with Gasteiger partial charge in [-0.05, 0) is 27.2 Å². The lowest BCUT2D eigenvalue weighted by Crippen LogP contribution is -1.69. The summed E-state index contributed by atoms with van der Waals surface area (Å²) in [5, 5.41) is 6.03. The smallest absolute Gasteiger partial charge is 0.112 e. The fraction of sp³-hybridized carbons (Fsp3) is 0.500. The van der Waals surface area contributed by atoms with Crippen molar-refractivity contribution >= 4 is 0 Å². The van der Waals surface area contributed by atoms with Crippen LogP contribution in [0, 0.1) is 6.20 Å². The average molecular weight is 160 g/mol. The summed E-state index contributed by atoms with van der Waals surface area (Å²) >= 11 is 0. The first kappa shape index (κ1) is 16.6. The van der Waals surface area contributed by atoms with E-state index >= 15 is 0 Å². The van der Waals surface area contributed by atoms with Gasteiger partial charge in [0.15, 0.2) is 0 Å². The van der Waals surface area contributed by atoms with Crippen molar-refractivity contribution < 1.29 is 0 Å². The summed E-state index contributed by atoms with van der Waals surface area (Å²) in [5.41, 5.74) is 13.5. The summed E-state index contributed by atoms with van der Waals surface area (Å²) in [7, 11) is 4.50. The van der Waals surface area contributed by atoms with Crippen molar-refractivity contribution in [2.45, 2.75) is 0 Å².